The van der Waals surface area contributed by atoms with E-state index in [0.29, 0.717) is 25.3 Å². The molecule has 1 unspecified atom stereocenters. The van der Waals surface area contributed by atoms with Gasteiger partial charge < -0.3 is 29.8 Å². The summed E-state index contributed by atoms with van der Waals surface area (Å²) in [4.78, 5) is 27.4. The molecule has 10 nitrogen and oxygen atoms in total. The lowest BCUT2D eigenvalue weighted by Gasteiger charge is -2.40. The van der Waals surface area contributed by atoms with Crippen LogP contribution in [0.4, 0.5) is 11.4 Å². The van der Waals surface area contributed by atoms with E-state index in [9.17, 15) is 14.7 Å². The highest BCUT2D eigenvalue weighted by molar-refractivity contribution is 6.74. The summed E-state index contributed by atoms with van der Waals surface area (Å²) in [5, 5.41) is 18.3. The Labute approximate surface area is 268 Å². The molecule has 0 bridgehead atoms. The minimum Gasteiger partial charge on any atom is -0.506 e. The van der Waals surface area contributed by atoms with Crippen LogP contribution in [0.5, 0.6) is 11.5 Å². The third-order valence-electron chi connectivity index (χ3n) is 10.1. The maximum absolute atomic E-state index is 12.9. The topological polar surface area (TPSA) is 115 Å². The number of aromatic hydroxyl groups is 1. The van der Waals surface area contributed by atoms with E-state index in [0.717, 1.165) is 48.3 Å². The predicted octanol–water partition coefficient (Wildman–Crippen LogP) is 5.48. The van der Waals surface area contributed by atoms with E-state index in [2.05, 4.69) is 60.9 Å². The molecule has 2 amide bonds. The van der Waals surface area contributed by atoms with Crippen LogP contribution in [0.25, 0.3) is 0 Å². The van der Waals surface area contributed by atoms with Crippen molar-refractivity contribution >= 4 is 31.5 Å². The van der Waals surface area contributed by atoms with Crippen LogP contribution < -0.4 is 20.8 Å². The zero-order chi connectivity index (χ0) is 32.4. The molecule has 1 saturated carbocycles. The number of amides is 2. The first-order valence-electron chi connectivity index (χ1n) is 16.3. The summed E-state index contributed by atoms with van der Waals surface area (Å²) in [7, 11) is -0.419. The van der Waals surface area contributed by atoms with Crippen molar-refractivity contribution in [3.8, 4) is 11.5 Å². The van der Waals surface area contributed by atoms with E-state index in [4.69, 9.17) is 9.16 Å². The molecule has 2 aliphatic heterocycles. The van der Waals surface area contributed by atoms with Crippen molar-refractivity contribution in [2.45, 2.75) is 77.2 Å². The maximum atomic E-state index is 12.9. The van der Waals surface area contributed by atoms with Crippen molar-refractivity contribution < 1.29 is 23.9 Å². The van der Waals surface area contributed by atoms with Crippen LogP contribution in [-0.2, 0) is 20.6 Å². The van der Waals surface area contributed by atoms with Crippen molar-refractivity contribution in [2.24, 2.45) is 11.8 Å². The Bertz CT molecular complexity index is 1370. The summed E-state index contributed by atoms with van der Waals surface area (Å²) in [5.41, 5.74) is 6.24. The lowest BCUT2D eigenvalue weighted by atomic mass is 10.0. The van der Waals surface area contributed by atoms with Crippen LogP contribution >= 0.6 is 0 Å². The van der Waals surface area contributed by atoms with Crippen molar-refractivity contribution in [1.29, 1.82) is 0 Å². The van der Waals surface area contributed by atoms with E-state index in [1.165, 1.54) is 19.3 Å². The first-order chi connectivity index (χ1) is 21.3. The van der Waals surface area contributed by atoms with Crippen LogP contribution in [0.1, 0.15) is 63.7 Å². The third-order valence-corrected chi connectivity index (χ3v) is 14.6. The van der Waals surface area contributed by atoms with Crippen LogP contribution in [0.3, 0.4) is 0 Å². The van der Waals surface area contributed by atoms with Crippen LogP contribution in [-0.4, -0.2) is 75.0 Å². The molecular weight excluding hydrogens is 586 g/mol. The normalized spacial score (nSPS) is 20.6. The molecule has 1 saturated heterocycles. The van der Waals surface area contributed by atoms with Gasteiger partial charge in [0.05, 0.1) is 11.8 Å². The average Bonchev–Trinajstić information content (AvgIpc) is 3.58. The summed E-state index contributed by atoms with van der Waals surface area (Å²) >= 11 is 0. The summed E-state index contributed by atoms with van der Waals surface area (Å²) in [5.74, 6) is 1.87. The molecule has 3 aliphatic rings. The van der Waals surface area contributed by atoms with Gasteiger partial charge in [0.15, 0.2) is 20.7 Å². The quantitative estimate of drug-likeness (QED) is 0.137. The van der Waals surface area contributed by atoms with E-state index < -0.39 is 8.32 Å². The first kappa shape index (κ1) is 33.2. The van der Waals surface area contributed by atoms with Gasteiger partial charge in [-0.15, -0.1) is 0 Å². The minimum absolute atomic E-state index is 0.0196. The van der Waals surface area contributed by atoms with Gasteiger partial charge in [0, 0.05) is 51.8 Å². The molecule has 0 radical (unpaired) electrons. The fraction of sp³-hybridized carbons (Fsp3) is 0.588. The van der Waals surface area contributed by atoms with E-state index in [-0.39, 0.29) is 41.0 Å². The Kier molecular flexibility index (Phi) is 10.1. The fourth-order valence-electron chi connectivity index (χ4n) is 6.47. The molecule has 246 valence electrons. The minimum atomic E-state index is -2.21. The number of likely N-dealkylation sites (tertiary alicyclic amines) is 1. The van der Waals surface area contributed by atoms with Gasteiger partial charge in [0.25, 0.3) is 5.91 Å². The number of carbonyl (C=O) groups excluding carboxylic acids is 2. The highest BCUT2D eigenvalue weighted by Gasteiger charge is 2.40. The number of carbonyl (C=O) groups is 2. The van der Waals surface area contributed by atoms with Crippen molar-refractivity contribution in [2.75, 3.05) is 50.6 Å². The fourth-order valence-corrected chi connectivity index (χ4v) is 7.74. The highest BCUT2D eigenvalue weighted by atomic mass is 28.4. The summed E-state index contributed by atoms with van der Waals surface area (Å²) in [6, 6.07) is 11.4. The number of rotatable bonds is 12. The smallest absolute Gasteiger partial charge is 0.262 e. The largest absolute Gasteiger partial charge is 0.506 e. The second-order valence-electron chi connectivity index (χ2n) is 14.4. The van der Waals surface area contributed by atoms with Crippen LogP contribution in [0.2, 0.25) is 18.1 Å². The Morgan fingerprint density at radius 2 is 1.93 bits per heavy atom. The molecule has 0 aromatic heterocycles. The zero-order valence-electron chi connectivity index (χ0n) is 27.7. The number of hydrogen-bond acceptors (Lipinski definition) is 8. The van der Waals surface area contributed by atoms with Crippen LogP contribution in [0, 0.1) is 11.8 Å². The van der Waals surface area contributed by atoms with Gasteiger partial charge >= 0.3 is 0 Å². The molecule has 2 aromatic carbocycles. The lowest BCUT2D eigenvalue weighted by molar-refractivity contribution is -0.129. The lowest BCUT2D eigenvalue weighted by Crippen LogP contribution is -2.43. The number of phenolic OH excluding ortho intramolecular Hbond substituents is 1. The zero-order valence-corrected chi connectivity index (χ0v) is 28.7. The number of fused-ring (bicyclic) bond motifs is 2. The summed E-state index contributed by atoms with van der Waals surface area (Å²) < 4.78 is 12.7. The van der Waals surface area contributed by atoms with Gasteiger partial charge in [-0.05, 0) is 72.6 Å². The standard InChI is InChI=1S/C34H51N5O5Si/c1-34(2,3)45(5,6)44-29(27-13-14-28(40)32-33(27)43-22-30(41)36-32)19-35-18-23-9-7-12-26(17-23)37-38(4)31(42)15-16-39-20-24-10-8-11-25(24)21-39/h7,9,12-14,17,24-25,29,35,37,40H,8,10-11,15-16,18-22H2,1-6H3,(H,36,41)/t24-,25?,29-/m0/s1. The highest BCUT2D eigenvalue weighted by Crippen LogP contribution is 2.45. The summed E-state index contributed by atoms with van der Waals surface area (Å²) in [6.07, 6.45) is 4.20. The van der Waals surface area contributed by atoms with Gasteiger partial charge in [-0.3, -0.25) is 20.0 Å². The van der Waals surface area contributed by atoms with E-state index in [1.54, 1.807) is 18.1 Å². The van der Waals surface area contributed by atoms with Gasteiger partial charge in [-0.2, -0.15) is 0 Å². The average molecular weight is 638 g/mol. The molecule has 11 heteroatoms. The number of nitrogens with one attached hydrogen (secondary N) is 3. The molecule has 4 N–H and O–H groups in total. The summed E-state index contributed by atoms with van der Waals surface area (Å²) in [6.45, 7) is 15.1. The molecule has 2 aromatic rings. The monoisotopic (exact) mass is 637 g/mol. The Morgan fingerprint density at radius 3 is 2.64 bits per heavy atom. The van der Waals surface area contributed by atoms with Gasteiger partial charge in [0.1, 0.15) is 11.4 Å². The number of benzene rings is 2. The molecule has 3 atom stereocenters. The Hall–Kier alpha value is -3.12. The second kappa shape index (κ2) is 13.7. The first-order valence-corrected chi connectivity index (χ1v) is 19.2. The predicted molar refractivity (Wildman–Crippen MR) is 180 cm³/mol. The molecular formula is C34H51N5O5Si. The number of phenols is 1. The molecule has 2 heterocycles. The molecule has 2 fully saturated rings. The van der Waals surface area contributed by atoms with Crippen molar-refractivity contribution in [3.63, 3.8) is 0 Å². The molecule has 5 rings (SSSR count). The number of anilines is 2. The van der Waals surface area contributed by atoms with Gasteiger partial charge in [-0.1, -0.05) is 39.3 Å². The SMILES string of the molecule is CN(Nc1cccc(CNC[C@H](O[Si](C)(C)C(C)(C)C)c2ccc(O)c3c2OCC(=O)N3)c1)C(=O)CCN1CC2CCC[C@H]2C1. The Morgan fingerprint density at radius 1 is 1.20 bits per heavy atom. The third kappa shape index (κ3) is 8.00. The molecule has 0 spiro atoms. The second-order valence-corrected chi connectivity index (χ2v) is 19.2. The number of ether oxygens (including phenoxy) is 1. The van der Waals surface area contributed by atoms with Crippen LogP contribution in [0.15, 0.2) is 36.4 Å². The number of hydrazine groups is 1. The number of hydrogen-bond donors (Lipinski definition) is 4. The van der Waals surface area contributed by atoms with E-state index in [1.807, 2.05) is 24.3 Å². The Balaban J connectivity index is 1.20. The molecule has 45 heavy (non-hydrogen) atoms. The van der Waals surface area contributed by atoms with Crippen molar-refractivity contribution in [3.05, 3.63) is 47.5 Å². The molecule has 1 aliphatic carbocycles. The van der Waals surface area contributed by atoms with Gasteiger partial charge in [-0.25, -0.2) is 0 Å². The van der Waals surface area contributed by atoms with Gasteiger partial charge in [0.2, 0.25) is 5.91 Å². The maximum Gasteiger partial charge on any atom is 0.262 e. The number of nitrogens with zero attached hydrogens (tertiary/aromatic N) is 2. The van der Waals surface area contributed by atoms with Crippen molar-refractivity contribution in [1.82, 2.24) is 15.2 Å². The van der Waals surface area contributed by atoms with E-state index >= 15 is 0 Å².